The van der Waals surface area contributed by atoms with Crippen LogP contribution in [0.4, 0.5) is 0 Å². The van der Waals surface area contributed by atoms with Gasteiger partial charge in [-0.15, -0.1) is 12.4 Å². The average Bonchev–Trinajstić information content (AvgIpc) is 2.88. The van der Waals surface area contributed by atoms with Crippen LogP contribution in [0.5, 0.6) is 0 Å². The SMILES string of the molecule is CN(C[C@@H](CCN1CCC(O)(c2ccccc2)CC1)c1cccc(Cl)c1)S(=O)(=O)c1ccccc1.Cl. The Balaban J connectivity index is 0.00000361. The fraction of sp³-hybridized carbons (Fsp3) is 0.357. The van der Waals surface area contributed by atoms with Gasteiger partial charge in [-0.3, -0.25) is 0 Å². The summed E-state index contributed by atoms with van der Waals surface area (Å²) in [4.78, 5) is 2.66. The second-order valence-corrected chi connectivity index (χ2v) is 11.9. The molecule has 36 heavy (non-hydrogen) atoms. The van der Waals surface area contributed by atoms with Gasteiger partial charge in [-0.05, 0) is 67.1 Å². The van der Waals surface area contributed by atoms with Gasteiger partial charge in [0.05, 0.1) is 10.5 Å². The molecule has 0 spiro atoms. The lowest BCUT2D eigenvalue weighted by molar-refractivity contribution is -0.0263. The molecule has 0 aliphatic carbocycles. The zero-order chi connectivity index (χ0) is 24.9. The summed E-state index contributed by atoms with van der Waals surface area (Å²) in [6.45, 7) is 2.78. The number of likely N-dealkylation sites (N-methyl/N-ethyl adjacent to an activating group) is 1. The van der Waals surface area contributed by atoms with Gasteiger partial charge in [0.15, 0.2) is 0 Å². The molecule has 0 unspecified atom stereocenters. The topological polar surface area (TPSA) is 60.9 Å². The maximum absolute atomic E-state index is 13.1. The van der Waals surface area contributed by atoms with Crippen molar-refractivity contribution in [1.82, 2.24) is 9.21 Å². The number of benzene rings is 3. The maximum Gasteiger partial charge on any atom is 0.242 e. The third kappa shape index (κ3) is 6.88. The van der Waals surface area contributed by atoms with Crippen LogP contribution in [0.3, 0.4) is 0 Å². The number of nitrogens with zero attached hydrogens (tertiary/aromatic N) is 2. The molecule has 8 heteroatoms. The molecule has 194 valence electrons. The van der Waals surface area contributed by atoms with Gasteiger partial charge >= 0.3 is 0 Å². The molecule has 1 saturated heterocycles. The molecule has 0 radical (unpaired) electrons. The highest BCUT2D eigenvalue weighted by atomic mass is 35.5. The van der Waals surface area contributed by atoms with Crippen LogP contribution in [-0.2, 0) is 15.6 Å². The first kappa shape index (κ1) is 28.6. The van der Waals surface area contributed by atoms with Crippen molar-refractivity contribution >= 4 is 34.0 Å². The summed E-state index contributed by atoms with van der Waals surface area (Å²) in [5.74, 6) is -0.00730. The zero-order valence-corrected chi connectivity index (χ0v) is 22.9. The van der Waals surface area contributed by atoms with E-state index < -0.39 is 15.6 Å². The molecule has 3 aromatic rings. The second-order valence-electron chi connectivity index (χ2n) is 9.38. The van der Waals surface area contributed by atoms with E-state index in [1.165, 1.54) is 4.31 Å². The standard InChI is InChI=1S/C28H33ClN2O3S.ClH/c1-30(35(33,34)27-13-6-3-7-14-27)22-24(23-9-8-12-26(29)21-23)15-18-31-19-16-28(32,17-20-31)25-10-4-2-5-11-25;/h2-14,21,24,32H,15-20,22H2,1H3;1H/t24-;/m1./s1. The van der Waals surface area contributed by atoms with E-state index in [9.17, 15) is 13.5 Å². The lowest BCUT2D eigenvalue weighted by Crippen LogP contribution is -2.43. The fourth-order valence-corrected chi connectivity index (χ4v) is 6.26. The highest BCUT2D eigenvalue weighted by molar-refractivity contribution is 7.89. The van der Waals surface area contributed by atoms with Crippen molar-refractivity contribution in [3.63, 3.8) is 0 Å². The number of halogens is 2. The number of rotatable bonds is 9. The molecule has 1 heterocycles. The van der Waals surface area contributed by atoms with E-state index in [4.69, 9.17) is 11.6 Å². The smallest absolute Gasteiger partial charge is 0.242 e. The Kier molecular flexibility index (Phi) is 9.98. The minimum Gasteiger partial charge on any atom is -0.385 e. The molecule has 1 atom stereocenters. The molecule has 0 aromatic heterocycles. The lowest BCUT2D eigenvalue weighted by Gasteiger charge is -2.39. The van der Waals surface area contributed by atoms with Gasteiger partial charge in [0.2, 0.25) is 10.0 Å². The van der Waals surface area contributed by atoms with Crippen LogP contribution in [0.25, 0.3) is 0 Å². The normalized spacial score (nSPS) is 16.9. The van der Waals surface area contributed by atoms with Crippen LogP contribution < -0.4 is 0 Å². The fourth-order valence-electron chi connectivity index (χ4n) is 4.83. The zero-order valence-electron chi connectivity index (χ0n) is 20.5. The summed E-state index contributed by atoms with van der Waals surface area (Å²) in [6.07, 6.45) is 2.15. The number of hydrogen-bond donors (Lipinski definition) is 1. The van der Waals surface area contributed by atoms with Crippen LogP contribution in [-0.4, -0.2) is 56.0 Å². The van der Waals surface area contributed by atoms with E-state index in [1.807, 2.05) is 60.7 Å². The van der Waals surface area contributed by atoms with Crippen molar-refractivity contribution < 1.29 is 13.5 Å². The van der Waals surface area contributed by atoms with E-state index in [1.54, 1.807) is 31.3 Å². The highest BCUT2D eigenvalue weighted by Crippen LogP contribution is 2.33. The van der Waals surface area contributed by atoms with Crippen molar-refractivity contribution in [1.29, 1.82) is 0 Å². The minimum absolute atomic E-state index is 0. The van der Waals surface area contributed by atoms with Crippen LogP contribution in [0.2, 0.25) is 5.02 Å². The van der Waals surface area contributed by atoms with Gasteiger partial charge in [-0.1, -0.05) is 72.3 Å². The van der Waals surface area contributed by atoms with Gasteiger partial charge in [-0.25, -0.2) is 12.7 Å². The van der Waals surface area contributed by atoms with Crippen LogP contribution in [0.1, 0.15) is 36.3 Å². The van der Waals surface area contributed by atoms with E-state index in [0.29, 0.717) is 29.3 Å². The predicted molar refractivity (Wildman–Crippen MR) is 148 cm³/mol. The van der Waals surface area contributed by atoms with Gasteiger partial charge < -0.3 is 10.0 Å². The Morgan fingerprint density at radius 2 is 1.58 bits per heavy atom. The lowest BCUT2D eigenvalue weighted by atomic mass is 9.84. The van der Waals surface area contributed by atoms with Crippen LogP contribution in [0, 0.1) is 0 Å². The van der Waals surface area contributed by atoms with Gasteiger partial charge in [0.25, 0.3) is 0 Å². The molecule has 0 amide bonds. The molecule has 0 bridgehead atoms. The van der Waals surface area contributed by atoms with Crippen molar-refractivity contribution in [2.45, 2.75) is 35.7 Å². The number of piperidine rings is 1. The van der Waals surface area contributed by atoms with Gasteiger partial charge in [-0.2, -0.15) is 0 Å². The number of hydrogen-bond acceptors (Lipinski definition) is 4. The molecule has 0 saturated carbocycles. The van der Waals surface area contributed by atoms with Crippen molar-refractivity contribution in [2.75, 3.05) is 33.2 Å². The molecular formula is C28H34Cl2N2O3S. The van der Waals surface area contributed by atoms with Gasteiger partial charge in [0, 0.05) is 31.7 Å². The molecule has 1 aliphatic heterocycles. The van der Waals surface area contributed by atoms with E-state index in [-0.39, 0.29) is 18.3 Å². The van der Waals surface area contributed by atoms with Crippen molar-refractivity contribution in [3.05, 3.63) is 101 Å². The monoisotopic (exact) mass is 548 g/mol. The van der Waals surface area contributed by atoms with E-state index in [0.717, 1.165) is 37.2 Å². The molecule has 1 aliphatic rings. The van der Waals surface area contributed by atoms with Crippen LogP contribution in [0.15, 0.2) is 89.8 Å². The van der Waals surface area contributed by atoms with E-state index in [2.05, 4.69) is 4.90 Å². The summed E-state index contributed by atoms with van der Waals surface area (Å²) in [6, 6.07) is 26.1. The number of likely N-dealkylation sites (tertiary alicyclic amines) is 1. The Hall–Kier alpha value is -1.93. The van der Waals surface area contributed by atoms with Gasteiger partial charge in [0.1, 0.15) is 0 Å². The third-order valence-corrected chi connectivity index (χ3v) is 9.11. The maximum atomic E-state index is 13.1. The molecular weight excluding hydrogens is 515 g/mol. The van der Waals surface area contributed by atoms with Crippen molar-refractivity contribution in [2.24, 2.45) is 0 Å². The second kappa shape index (κ2) is 12.5. The quantitative estimate of drug-likeness (QED) is 0.381. The molecule has 1 fully saturated rings. The van der Waals surface area contributed by atoms with Crippen LogP contribution >= 0.6 is 24.0 Å². The Labute approximate surface area is 226 Å². The summed E-state index contributed by atoms with van der Waals surface area (Å²) >= 11 is 6.28. The molecule has 5 nitrogen and oxygen atoms in total. The first-order valence-corrected chi connectivity index (χ1v) is 13.9. The summed E-state index contributed by atoms with van der Waals surface area (Å²) in [5, 5.41) is 11.8. The number of sulfonamides is 1. The minimum atomic E-state index is -3.59. The first-order valence-electron chi connectivity index (χ1n) is 12.0. The van der Waals surface area contributed by atoms with E-state index >= 15 is 0 Å². The first-order chi connectivity index (χ1) is 16.8. The Bertz CT molecular complexity index is 1200. The Morgan fingerprint density at radius 3 is 2.19 bits per heavy atom. The molecule has 4 rings (SSSR count). The largest absolute Gasteiger partial charge is 0.385 e. The predicted octanol–water partition coefficient (Wildman–Crippen LogP) is 5.54. The summed E-state index contributed by atoms with van der Waals surface area (Å²) in [5.41, 5.74) is 1.23. The summed E-state index contributed by atoms with van der Waals surface area (Å²) in [7, 11) is -1.95. The average molecular weight is 550 g/mol. The van der Waals surface area contributed by atoms with Crippen molar-refractivity contribution in [3.8, 4) is 0 Å². The highest BCUT2D eigenvalue weighted by Gasteiger charge is 2.34. The summed E-state index contributed by atoms with van der Waals surface area (Å²) < 4.78 is 27.7. The molecule has 3 aromatic carbocycles. The Morgan fingerprint density at radius 1 is 0.972 bits per heavy atom. The number of aliphatic hydroxyl groups is 1. The third-order valence-electron chi connectivity index (χ3n) is 7.04. The molecule has 1 N–H and O–H groups in total.